The molecular weight excluding hydrogens is 388 g/mol. The van der Waals surface area contributed by atoms with Crippen LogP contribution in [0.1, 0.15) is 65.1 Å². The first-order valence-electron chi connectivity index (χ1n) is 11.2. The fraction of sp³-hybridized carbons (Fsp3) is 0.480. The Hall–Kier alpha value is -2.89. The zero-order chi connectivity index (χ0) is 22.1. The summed E-state index contributed by atoms with van der Waals surface area (Å²) in [5.41, 5.74) is 6.33. The van der Waals surface area contributed by atoms with Crippen molar-refractivity contribution in [1.82, 2.24) is 15.2 Å². The van der Waals surface area contributed by atoms with Gasteiger partial charge in [0.1, 0.15) is 0 Å². The lowest BCUT2D eigenvalue weighted by molar-refractivity contribution is -0.119. The molecule has 6 nitrogen and oxygen atoms in total. The minimum absolute atomic E-state index is 0.0149. The van der Waals surface area contributed by atoms with E-state index in [-0.39, 0.29) is 23.9 Å². The van der Waals surface area contributed by atoms with E-state index >= 15 is 0 Å². The molecule has 1 saturated heterocycles. The van der Waals surface area contributed by atoms with Crippen LogP contribution in [0.5, 0.6) is 0 Å². The number of aromatic nitrogens is 1. The highest BCUT2D eigenvalue weighted by molar-refractivity contribution is 5.94. The van der Waals surface area contributed by atoms with Crippen LogP contribution in [0, 0.1) is 13.8 Å². The molecule has 0 bridgehead atoms. The number of nitrogens with one attached hydrogen (secondary N) is 1. The highest BCUT2D eigenvalue weighted by Crippen LogP contribution is 2.32. The largest absolute Gasteiger partial charge is 0.371 e. The molecule has 1 atom stereocenters. The Morgan fingerprint density at radius 1 is 1.06 bits per heavy atom. The summed E-state index contributed by atoms with van der Waals surface area (Å²) in [7, 11) is 1.92. The van der Waals surface area contributed by atoms with Crippen LogP contribution in [-0.4, -0.2) is 47.9 Å². The normalized spacial score (nSPS) is 18.6. The summed E-state index contributed by atoms with van der Waals surface area (Å²) in [6.45, 7) is 7.47. The van der Waals surface area contributed by atoms with Crippen LogP contribution in [0.4, 0.5) is 5.69 Å². The van der Waals surface area contributed by atoms with Gasteiger partial charge in [-0.15, -0.1) is 0 Å². The number of anilines is 1. The molecule has 0 radical (unpaired) electrons. The Kier molecular flexibility index (Phi) is 5.99. The van der Waals surface area contributed by atoms with Crippen LogP contribution >= 0.6 is 0 Å². The van der Waals surface area contributed by atoms with Crippen molar-refractivity contribution in [2.75, 3.05) is 25.0 Å². The minimum atomic E-state index is -0.0296. The molecule has 1 fully saturated rings. The number of pyridine rings is 1. The van der Waals surface area contributed by atoms with Gasteiger partial charge in [0, 0.05) is 55.7 Å². The topological polar surface area (TPSA) is 65.5 Å². The number of rotatable bonds is 4. The first kappa shape index (κ1) is 21.3. The minimum Gasteiger partial charge on any atom is -0.371 e. The van der Waals surface area contributed by atoms with Crippen molar-refractivity contribution in [2.45, 2.75) is 58.5 Å². The van der Waals surface area contributed by atoms with E-state index in [2.05, 4.69) is 33.4 Å². The number of piperidine rings is 1. The molecule has 2 aromatic rings. The average Bonchev–Trinajstić information content (AvgIpc) is 3.13. The Morgan fingerprint density at radius 2 is 1.74 bits per heavy atom. The molecule has 164 valence electrons. The molecule has 1 N–H and O–H groups in total. The van der Waals surface area contributed by atoms with E-state index in [1.807, 2.05) is 37.9 Å². The molecule has 1 unspecified atom stereocenters. The molecule has 1 aliphatic carbocycles. The fourth-order valence-electron chi connectivity index (χ4n) is 5.01. The van der Waals surface area contributed by atoms with Crippen LogP contribution in [0.2, 0.25) is 0 Å². The van der Waals surface area contributed by atoms with Gasteiger partial charge in [0.15, 0.2) is 0 Å². The zero-order valence-corrected chi connectivity index (χ0v) is 18.9. The van der Waals surface area contributed by atoms with Crippen LogP contribution in [-0.2, 0) is 11.2 Å². The first-order chi connectivity index (χ1) is 14.8. The molecule has 1 aliphatic heterocycles. The van der Waals surface area contributed by atoms with Gasteiger partial charge >= 0.3 is 0 Å². The highest BCUT2D eigenvalue weighted by atomic mass is 16.2. The molecule has 2 heterocycles. The molecule has 31 heavy (non-hydrogen) atoms. The van der Waals surface area contributed by atoms with Crippen LogP contribution in [0.25, 0.3) is 0 Å². The summed E-state index contributed by atoms with van der Waals surface area (Å²) in [5.74, 6) is 0.0309. The molecule has 0 spiro atoms. The summed E-state index contributed by atoms with van der Waals surface area (Å²) < 4.78 is 0. The predicted molar refractivity (Wildman–Crippen MR) is 122 cm³/mol. The molecule has 1 aromatic carbocycles. The van der Waals surface area contributed by atoms with Gasteiger partial charge in [0.05, 0.1) is 6.04 Å². The number of hydrogen-bond acceptors (Lipinski definition) is 4. The maximum absolute atomic E-state index is 13.2. The van der Waals surface area contributed by atoms with Crippen molar-refractivity contribution in [2.24, 2.45) is 0 Å². The summed E-state index contributed by atoms with van der Waals surface area (Å²) >= 11 is 0. The van der Waals surface area contributed by atoms with Gasteiger partial charge in [-0.1, -0.05) is 6.07 Å². The quantitative estimate of drug-likeness (QED) is 0.821. The predicted octanol–water partition coefficient (Wildman–Crippen LogP) is 3.56. The third-order valence-corrected chi connectivity index (χ3v) is 6.61. The first-order valence-corrected chi connectivity index (χ1v) is 11.2. The van der Waals surface area contributed by atoms with Crippen LogP contribution in [0.3, 0.4) is 0 Å². The average molecular weight is 421 g/mol. The van der Waals surface area contributed by atoms with E-state index in [0.717, 1.165) is 55.7 Å². The standard InChI is InChI=1S/C25H32N4O2/c1-16-13-22(14-17(2)26-16)29-11-9-21(10-12-29)28(4)25(31)20-6-5-19-7-8-24(23(19)15-20)27-18(3)30/h5-6,13-15,21,24H,7-12H2,1-4H3,(H,27,30). The third-order valence-electron chi connectivity index (χ3n) is 6.61. The molecule has 4 rings (SSSR count). The van der Waals surface area contributed by atoms with Gasteiger partial charge in [-0.2, -0.15) is 0 Å². The Bertz CT molecular complexity index is 975. The van der Waals surface area contributed by atoms with E-state index in [4.69, 9.17) is 0 Å². The zero-order valence-electron chi connectivity index (χ0n) is 18.9. The number of fused-ring (bicyclic) bond motifs is 1. The SMILES string of the molecule is CC(=O)NC1CCc2ccc(C(=O)N(C)C3CCN(c4cc(C)nc(C)c4)CC3)cc21. The van der Waals surface area contributed by atoms with E-state index in [0.29, 0.717) is 5.56 Å². The van der Waals surface area contributed by atoms with Gasteiger partial charge in [-0.3, -0.25) is 14.6 Å². The monoisotopic (exact) mass is 420 g/mol. The maximum Gasteiger partial charge on any atom is 0.253 e. The van der Waals surface area contributed by atoms with Gasteiger partial charge in [0.25, 0.3) is 5.91 Å². The molecule has 1 aromatic heterocycles. The lowest BCUT2D eigenvalue weighted by Gasteiger charge is -2.38. The Morgan fingerprint density at radius 3 is 2.39 bits per heavy atom. The summed E-state index contributed by atoms with van der Waals surface area (Å²) in [4.78, 5) is 33.5. The van der Waals surface area contributed by atoms with Crippen molar-refractivity contribution in [1.29, 1.82) is 0 Å². The molecular formula is C25H32N4O2. The number of amides is 2. The molecule has 2 amide bonds. The van der Waals surface area contributed by atoms with Gasteiger partial charge < -0.3 is 15.1 Å². The van der Waals surface area contributed by atoms with Gasteiger partial charge in [-0.05, 0) is 74.9 Å². The van der Waals surface area contributed by atoms with Gasteiger partial charge in [-0.25, -0.2) is 0 Å². The highest BCUT2D eigenvalue weighted by Gasteiger charge is 2.28. The van der Waals surface area contributed by atoms with Crippen molar-refractivity contribution in [3.05, 3.63) is 58.4 Å². The second-order valence-corrected chi connectivity index (χ2v) is 8.95. The summed E-state index contributed by atoms with van der Waals surface area (Å²) in [6, 6.07) is 10.5. The fourth-order valence-corrected chi connectivity index (χ4v) is 5.01. The molecule has 0 saturated carbocycles. The third kappa shape index (κ3) is 4.58. The summed E-state index contributed by atoms with van der Waals surface area (Å²) in [5, 5.41) is 3.01. The lowest BCUT2D eigenvalue weighted by Crippen LogP contribution is -2.45. The van der Waals surface area contributed by atoms with Crippen molar-refractivity contribution < 1.29 is 9.59 Å². The number of nitrogens with zero attached hydrogens (tertiary/aromatic N) is 3. The lowest BCUT2D eigenvalue weighted by atomic mass is 10.00. The molecule has 2 aliphatic rings. The summed E-state index contributed by atoms with van der Waals surface area (Å²) in [6.07, 6.45) is 3.73. The second kappa shape index (κ2) is 8.69. The number of hydrogen-bond donors (Lipinski definition) is 1. The van der Waals surface area contributed by atoms with Crippen LogP contribution in [0.15, 0.2) is 30.3 Å². The smallest absolute Gasteiger partial charge is 0.253 e. The van der Waals surface area contributed by atoms with Crippen molar-refractivity contribution in [3.63, 3.8) is 0 Å². The van der Waals surface area contributed by atoms with E-state index in [1.54, 1.807) is 6.92 Å². The number of carbonyl (C=O) groups excluding carboxylic acids is 2. The Labute approximate surface area is 184 Å². The number of benzene rings is 1. The van der Waals surface area contributed by atoms with E-state index < -0.39 is 0 Å². The van der Waals surface area contributed by atoms with Crippen molar-refractivity contribution >= 4 is 17.5 Å². The second-order valence-electron chi connectivity index (χ2n) is 8.95. The van der Waals surface area contributed by atoms with Gasteiger partial charge in [0.2, 0.25) is 5.91 Å². The van der Waals surface area contributed by atoms with Crippen LogP contribution < -0.4 is 10.2 Å². The van der Waals surface area contributed by atoms with E-state index in [9.17, 15) is 9.59 Å². The number of aryl methyl sites for hydroxylation is 3. The number of carbonyl (C=O) groups is 2. The Balaban J connectivity index is 1.42. The molecule has 6 heteroatoms. The maximum atomic E-state index is 13.2. The van der Waals surface area contributed by atoms with Crippen molar-refractivity contribution in [3.8, 4) is 0 Å². The van der Waals surface area contributed by atoms with E-state index in [1.165, 1.54) is 11.3 Å².